The van der Waals surface area contributed by atoms with Gasteiger partial charge in [-0.25, -0.2) is 0 Å². The van der Waals surface area contributed by atoms with Crippen LogP contribution in [0.1, 0.15) is 37.6 Å². The maximum Gasteiger partial charge on any atom is 0.252 e. The second-order valence-corrected chi connectivity index (χ2v) is 5.90. The third-order valence-corrected chi connectivity index (χ3v) is 3.31. The molecule has 0 aliphatic rings. The average Bonchev–Trinajstić information content (AvgIpc) is 2.27. The molecule has 3 nitrogen and oxygen atoms in total. The number of benzene rings is 1. The predicted molar refractivity (Wildman–Crippen MR) is 76.1 cm³/mol. The SMILES string of the molecule is CC(C)(C)C(CCO)NC(=O)c1ccccc1S. The molecular formula is C14H21NO2S. The van der Waals surface area contributed by atoms with E-state index in [0.29, 0.717) is 16.9 Å². The molecule has 0 saturated heterocycles. The van der Waals surface area contributed by atoms with Gasteiger partial charge in [0.25, 0.3) is 5.91 Å². The van der Waals surface area contributed by atoms with Crippen molar-refractivity contribution in [1.82, 2.24) is 5.32 Å². The van der Waals surface area contributed by atoms with Crippen LogP contribution >= 0.6 is 12.6 Å². The first kappa shape index (κ1) is 15.1. The van der Waals surface area contributed by atoms with Crippen LogP contribution in [-0.2, 0) is 0 Å². The van der Waals surface area contributed by atoms with Crippen molar-refractivity contribution in [1.29, 1.82) is 0 Å². The molecule has 2 N–H and O–H groups in total. The molecule has 18 heavy (non-hydrogen) atoms. The van der Waals surface area contributed by atoms with Crippen molar-refractivity contribution in [3.63, 3.8) is 0 Å². The maximum atomic E-state index is 12.2. The van der Waals surface area contributed by atoms with E-state index in [1.54, 1.807) is 12.1 Å². The molecule has 0 saturated carbocycles. The lowest BCUT2D eigenvalue weighted by Crippen LogP contribution is -2.44. The highest BCUT2D eigenvalue weighted by atomic mass is 32.1. The largest absolute Gasteiger partial charge is 0.396 e. The van der Waals surface area contributed by atoms with Crippen LogP contribution in [0.3, 0.4) is 0 Å². The third kappa shape index (κ3) is 4.03. The number of carbonyl (C=O) groups excluding carboxylic acids is 1. The maximum absolute atomic E-state index is 12.2. The Hall–Kier alpha value is -1.00. The van der Waals surface area contributed by atoms with E-state index in [-0.39, 0.29) is 24.0 Å². The first-order chi connectivity index (χ1) is 8.36. The Morgan fingerprint density at radius 2 is 2.00 bits per heavy atom. The van der Waals surface area contributed by atoms with Crippen LogP contribution in [0.2, 0.25) is 0 Å². The summed E-state index contributed by atoms with van der Waals surface area (Å²) < 4.78 is 0. The highest BCUT2D eigenvalue weighted by Crippen LogP contribution is 2.22. The van der Waals surface area contributed by atoms with Crippen LogP contribution in [0.5, 0.6) is 0 Å². The van der Waals surface area contributed by atoms with Crippen molar-refractivity contribution in [3.8, 4) is 0 Å². The Kier molecular flexibility index (Phi) is 5.23. The van der Waals surface area contributed by atoms with E-state index < -0.39 is 0 Å². The molecular weight excluding hydrogens is 246 g/mol. The first-order valence-corrected chi connectivity index (χ1v) is 6.50. The van der Waals surface area contributed by atoms with Gasteiger partial charge >= 0.3 is 0 Å². The van der Waals surface area contributed by atoms with Gasteiger partial charge in [0.15, 0.2) is 0 Å². The van der Waals surface area contributed by atoms with Crippen molar-refractivity contribution in [2.45, 2.75) is 38.1 Å². The minimum atomic E-state index is -0.144. The smallest absolute Gasteiger partial charge is 0.252 e. The van der Waals surface area contributed by atoms with E-state index in [2.05, 4.69) is 17.9 Å². The Balaban J connectivity index is 2.82. The lowest BCUT2D eigenvalue weighted by atomic mass is 9.85. The van der Waals surface area contributed by atoms with Gasteiger partial charge in [-0.05, 0) is 24.0 Å². The van der Waals surface area contributed by atoms with E-state index >= 15 is 0 Å². The summed E-state index contributed by atoms with van der Waals surface area (Å²) >= 11 is 4.27. The Morgan fingerprint density at radius 1 is 1.39 bits per heavy atom. The Morgan fingerprint density at radius 3 is 2.50 bits per heavy atom. The molecule has 1 aromatic rings. The molecule has 100 valence electrons. The predicted octanol–water partition coefficient (Wildman–Crippen LogP) is 2.50. The number of aliphatic hydroxyl groups is 1. The lowest BCUT2D eigenvalue weighted by Gasteiger charge is -2.31. The molecule has 0 radical (unpaired) electrons. The summed E-state index contributed by atoms with van der Waals surface area (Å²) in [4.78, 5) is 12.8. The van der Waals surface area contributed by atoms with Crippen LogP contribution in [0.25, 0.3) is 0 Å². The summed E-state index contributed by atoms with van der Waals surface area (Å²) in [6.07, 6.45) is 0.546. The van der Waals surface area contributed by atoms with E-state index in [1.807, 2.05) is 32.9 Å². The number of nitrogens with one attached hydrogen (secondary N) is 1. The van der Waals surface area contributed by atoms with Gasteiger partial charge in [0.2, 0.25) is 0 Å². The molecule has 0 bridgehead atoms. The number of amides is 1. The molecule has 0 spiro atoms. The fourth-order valence-electron chi connectivity index (χ4n) is 1.75. The number of hydrogen-bond acceptors (Lipinski definition) is 3. The summed E-state index contributed by atoms with van der Waals surface area (Å²) in [6.45, 7) is 6.19. The third-order valence-electron chi connectivity index (χ3n) is 2.92. The minimum Gasteiger partial charge on any atom is -0.396 e. The van der Waals surface area contributed by atoms with Crippen molar-refractivity contribution in [2.24, 2.45) is 5.41 Å². The first-order valence-electron chi connectivity index (χ1n) is 6.06. The molecule has 4 heteroatoms. The topological polar surface area (TPSA) is 49.3 Å². The van der Waals surface area contributed by atoms with Gasteiger partial charge in [0, 0.05) is 17.5 Å². The molecule has 0 fully saturated rings. The normalized spacial score (nSPS) is 13.2. The van der Waals surface area contributed by atoms with Crippen LogP contribution < -0.4 is 5.32 Å². The van der Waals surface area contributed by atoms with E-state index in [0.717, 1.165) is 0 Å². The molecule has 0 heterocycles. The molecule has 1 rings (SSSR count). The van der Waals surface area contributed by atoms with Gasteiger partial charge < -0.3 is 10.4 Å². The van der Waals surface area contributed by atoms with Crippen LogP contribution in [-0.4, -0.2) is 23.7 Å². The number of aliphatic hydroxyl groups excluding tert-OH is 1. The monoisotopic (exact) mass is 267 g/mol. The highest BCUT2D eigenvalue weighted by molar-refractivity contribution is 7.80. The zero-order chi connectivity index (χ0) is 13.8. The molecule has 0 aromatic heterocycles. The summed E-state index contributed by atoms with van der Waals surface area (Å²) in [5.74, 6) is -0.144. The fourth-order valence-corrected chi connectivity index (χ4v) is 2.01. The Bertz CT molecular complexity index is 413. The van der Waals surface area contributed by atoms with Crippen LogP contribution in [0.15, 0.2) is 29.2 Å². The molecule has 1 amide bonds. The number of thiol groups is 1. The van der Waals surface area contributed by atoms with Crippen LogP contribution in [0.4, 0.5) is 0 Å². The van der Waals surface area contributed by atoms with Gasteiger partial charge in [-0.1, -0.05) is 32.9 Å². The van der Waals surface area contributed by atoms with Crippen molar-refractivity contribution < 1.29 is 9.90 Å². The molecule has 0 aliphatic carbocycles. The number of carbonyl (C=O) groups is 1. The lowest BCUT2D eigenvalue weighted by molar-refractivity contribution is 0.0882. The van der Waals surface area contributed by atoms with Crippen molar-refractivity contribution in [2.75, 3.05) is 6.61 Å². The zero-order valence-corrected chi connectivity index (χ0v) is 12.0. The molecule has 1 unspecified atom stereocenters. The molecule has 1 atom stereocenters. The van der Waals surface area contributed by atoms with Crippen molar-refractivity contribution >= 4 is 18.5 Å². The standard InChI is InChI=1S/C14H21NO2S/c1-14(2,3)12(8-9-16)15-13(17)10-6-4-5-7-11(10)18/h4-7,12,16,18H,8-9H2,1-3H3,(H,15,17). The van der Waals surface area contributed by atoms with Crippen molar-refractivity contribution in [3.05, 3.63) is 29.8 Å². The van der Waals surface area contributed by atoms with Gasteiger partial charge in [-0.3, -0.25) is 4.79 Å². The summed E-state index contributed by atoms with van der Waals surface area (Å²) in [5, 5.41) is 12.0. The zero-order valence-electron chi connectivity index (χ0n) is 11.1. The van der Waals surface area contributed by atoms with E-state index in [9.17, 15) is 4.79 Å². The quantitative estimate of drug-likeness (QED) is 0.734. The number of rotatable bonds is 4. The van der Waals surface area contributed by atoms with Gasteiger partial charge in [0.1, 0.15) is 0 Å². The van der Waals surface area contributed by atoms with E-state index in [1.165, 1.54) is 0 Å². The van der Waals surface area contributed by atoms with Gasteiger partial charge in [-0.15, -0.1) is 12.6 Å². The second-order valence-electron chi connectivity index (χ2n) is 5.42. The fraction of sp³-hybridized carbons (Fsp3) is 0.500. The minimum absolute atomic E-state index is 0.0603. The van der Waals surface area contributed by atoms with Crippen LogP contribution in [0, 0.1) is 5.41 Å². The second kappa shape index (κ2) is 6.25. The average molecular weight is 267 g/mol. The summed E-state index contributed by atoms with van der Waals surface area (Å²) in [7, 11) is 0. The number of hydrogen-bond donors (Lipinski definition) is 3. The van der Waals surface area contributed by atoms with E-state index in [4.69, 9.17) is 5.11 Å². The molecule has 1 aromatic carbocycles. The van der Waals surface area contributed by atoms with Gasteiger partial charge in [-0.2, -0.15) is 0 Å². The Labute approximate surface area is 114 Å². The highest BCUT2D eigenvalue weighted by Gasteiger charge is 2.26. The van der Waals surface area contributed by atoms with Gasteiger partial charge in [0.05, 0.1) is 5.56 Å². The summed E-state index contributed by atoms with van der Waals surface area (Å²) in [5.41, 5.74) is 0.470. The molecule has 0 aliphatic heterocycles. The summed E-state index contributed by atoms with van der Waals surface area (Å²) in [6, 6.07) is 7.12.